The quantitative estimate of drug-likeness (QED) is 0.0156. The number of halogens is 16. The van der Waals surface area contributed by atoms with E-state index < -0.39 is 110 Å². The molecular weight excluding hydrogens is 1640 g/mol. The van der Waals surface area contributed by atoms with Gasteiger partial charge in [-0.15, -0.1) is 0 Å². The van der Waals surface area contributed by atoms with E-state index in [9.17, 15) is 114 Å². The number of nitro groups is 2. The summed E-state index contributed by atoms with van der Waals surface area (Å²) in [5.41, 5.74) is 7.04. The molecule has 7 heterocycles. The number of anilines is 12. The van der Waals surface area contributed by atoms with Gasteiger partial charge in [0.25, 0.3) is 11.6 Å². The highest BCUT2D eigenvalue weighted by Gasteiger charge is 2.39. The van der Waals surface area contributed by atoms with Crippen LogP contribution >= 0.6 is 0 Å². The van der Waals surface area contributed by atoms with E-state index in [1.807, 2.05) is 0 Å². The highest BCUT2D eigenvalue weighted by molar-refractivity contribution is 6.17. The standard InChI is InChI=1S/C18H13F3N4O.C14H13F3N4O4.C14H15F3N4O2.C13H10F3N3O.C7H3F4NO2.C7H11N3O2/c1-24-10-13-16(23-24)22-14-8-7-11(18(19,20)21)9-15(14)25(17(13)26)12-5-3-2-4-6-12;1-3-25-13(22)9-7-20(2)19-12(9)18-10-5-4-8(14(15,16)17)6-11(10)21(23)24;1-3-23-13(22)9-7-21(2)20-12(9)19-11-5-4-8(6-10(11)18)14(15,16)17;1-19-6-9-11(20)5-7-4-8(13(14,15)16)2-3-10(7)17-12(9)18-19;8-5-2-1-4(7(9,10)11)3-6(5)12(13)14;1-3-12-7(11)5-4-10(2)9-6(5)8/h2-10H,1H3,(H,22,23);4-7H,3H2,1-2H3,(H,18,19);4-7H,3,18H2,1-2H3,(H,19,20);2-4,6H,5H2,1H3,(H,17,18);1-3H;4H,3H2,1-2H3,(H2,8,9). The number of nitro benzene ring substituents is 2. The summed E-state index contributed by atoms with van der Waals surface area (Å²) >= 11 is 0. The number of esters is 3. The van der Waals surface area contributed by atoms with Crippen molar-refractivity contribution in [2.45, 2.75) is 58.1 Å². The summed E-state index contributed by atoms with van der Waals surface area (Å²) < 4.78 is 224. The molecule has 0 spiro atoms. The number of amides is 1. The van der Waals surface area contributed by atoms with Gasteiger partial charge in [0.2, 0.25) is 5.82 Å². The third-order valence-electron chi connectivity index (χ3n) is 16.1. The van der Waals surface area contributed by atoms with Gasteiger partial charge >= 0.3 is 54.5 Å². The van der Waals surface area contributed by atoms with Crippen molar-refractivity contribution in [3.63, 3.8) is 0 Å². The zero-order chi connectivity index (χ0) is 89.0. The van der Waals surface area contributed by atoms with Gasteiger partial charge < -0.3 is 46.9 Å². The van der Waals surface area contributed by atoms with Crippen LogP contribution in [0.25, 0.3) is 0 Å². The highest BCUT2D eigenvalue weighted by Crippen LogP contribution is 2.44. The number of ether oxygens (including phenoxy) is 3. The number of rotatable bonds is 13. The Bertz CT molecular complexity index is 5620. The molecule has 0 unspecified atom stereocenters. The Kier molecular flexibility index (Phi) is 28.1. The van der Waals surface area contributed by atoms with Crippen molar-refractivity contribution < 1.29 is 118 Å². The molecule has 0 bridgehead atoms. The number of benzene rings is 6. The first-order valence-corrected chi connectivity index (χ1v) is 34.2. The van der Waals surface area contributed by atoms with Gasteiger partial charge in [-0.25, -0.2) is 14.4 Å². The zero-order valence-electron chi connectivity index (χ0n) is 63.2. The van der Waals surface area contributed by atoms with Crippen molar-refractivity contribution in [3.05, 3.63) is 240 Å². The van der Waals surface area contributed by atoms with Crippen molar-refractivity contribution in [2.24, 2.45) is 35.2 Å². The molecule has 0 saturated heterocycles. The van der Waals surface area contributed by atoms with Crippen LogP contribution in [0, 0.1) is 26.0 Å². The number of nitrogens with one attached hydrogen (secondary N) is 4. The lowest BCUT2D eigenvalue weighted by Crippen LogP contribution is -2.25. The number of carbonyl (C=O) groups excluding carboxylic acids is 5. The van der Waals surface area contributed by atoms with Crippen LogP contribution in [0.15, 0.2) is 152 Å². The first-order valence-electron chi connectivity index (χ1n) is 34.2. The van der Waals surface area contributed by atoms with E-state index in [1.165, 1.54) is 78.3 Å². The first-order chi connectivity index (χ1) is 56.0. The second-order valence-electron chi connectivity index (χ2n) is 24.9. The number of carbonyl (C=O) groups is 5. The molecule has 11 aromatic rings. The normalized spacial score (nSPS) is 12.2. The average Bonchev–Trinajstić information content (AvgIpc) is 1.61. The maximum atomic E-state index is 13.2. The van der Waals surface area contributed by atoms with Crippen molar-refractivity contribution >= 4 is 110 Å². The maximum absolute atomic E-state index is 13.2. The number of alkyl halides is 15. The molecule has 13 rings (SSSR count). The number of ketones is 1. The number of hydrogen-bond acceptors (Lipinski definition) is 23. The molecular formula is C73H65F16N19O12. The summed E-state index contributed by atoms with van der Waals surface area (Å²) in [6.07, 6.45) is -15.5. The molecule has 2 aliphatic rings. The molecule has 1 amide bonds. The van der Waals surface area contributed by atoms with Gasteiger partial charge in [0.1, 0.15) is 27.9 Å². The van der Waals surface area contributed by atoms with E-state index >= 15 is 0 Å². The Labute approximate surface area is 665 Å². The van der Waals surface area contributed by atoms with Crippen LogP contribution in [0.1, 0.15) is 106 Å². The average molecular weight is 1700 g/mol. The van der Waals surface area contributed by atoms with Gasteiger partial charge in [-0.1, -0.05) is 18.2 Å². The Hall–Kier alpha value is -14.6. The Morgan fingerprint density at radius 3 is 1.34 bits per heavy atom. The monoisotopic (exact) mass is 1700 g/mol. The number of aromatic nitrogens is 10. The second-order valence-corrected chi connectivity index (χ2v) is 24.9. The lowest BCUT2D eigenvalue weighted by atomic mass is 10.0. The fourth-order valence-corrected chi connectivity index (χ4v) is 10.8. The van der Waals surface area contributed by atoms with Crippen molar-refractivity contribution in [3.8, 4) is 0 Å². The summed E-state index contributed by atoms with van der Waals surface area (Å²) in [6.45, 7) is 5.64. The molecule has 5 aromatic heterocycles. The van der Waals surface area contributed by atoms with Crippen molar-refractivity contribution in [1.29, 1.82) is 0 Å². The van der Waals surface area contributed by atoms with Gasteiger partial charge in [0.05, 0.1) is 85.8 Å². The number of Topliss-reactive ketones (excluding diaryl/α,β-unsaturated/α-hetero) is 1. The summed E-state index contributed by atoms with van der Waals surface area (Å²) in [6, 6.07) is 21.1. The van der Waals surface area contributed by atoms with E-state index in [0.29, 0.717) is 76.3 Å². The molecule has 31 nitrogen and oxygen atoms in total. The topological polar surface area (TPSA) is 392 Å². The van der Waals surface area contributed by atoms with E-state index in [1.54, 1.807) is 85.5 Å². The minimum Gasteiger partial charge on any atom is -0.462 e. The van der Waals surface area contributed by atoms with E-state index in [2.05, 4.69) is 46.8 Å². The molecule has 8 N–H and O–H groups in total. The minimum absolute atomic E-state index is 0.00135. The van der Waals surface area contributed by atoms with E-state index in [-0.39, 0.29) is 88.4 Å². The Balaban J connectivity index is 0.000000182. The molecule has 0 radical (unpaired) electrons. The van der Waals surface area contributed by atoms with Crippen LogP contribution in [0.4, 0.5) is 151 Å². The van der Waals surface area contributed by atoms with Gasteiger partial charge in [0, 0.05) is 96.2 Å². The fraction of sp³-hybridized carbons (Fsp3) is 0.233. The summed E-state index contributed by atoms with van der Waals surface area (Å²) in [7, 11) is 8.15. The van der Waals surface area contributed by atoms with Gasteiger partial charge in [-0.2, -0.15) is 95.7 Å². The molecule has 120 heavy (non-hydrogen) atoms. The second kappa shape index (κ2) is 37.1. The summed E-state index contributed by atoms with van der Waals surface area (Å²) in [5, 5.41) is 52.4. The van der Waals surface area contributed by atoms with Crippen LogP contribution in [0.5, 0.6) is 0 Å². The summed E-state index contributed by atoms with van der Waals surface area (Å²) in [4.78, 5) is 80.3. The molecule has 636 valence electrons. The predicted octanol–water partition coefficient (Wildman–Crippen LogP) is 16.5. The Morgan fingerprint density at radius 1 is 0.475 bits per heavy atom. The van der Waals surface area contributed by atoms with Crippen LogP contribution in [0.3, 0.4) is 0 Å². The molecule has 6 aromatic carbocycles. The lowest BCUT2D eigenvalue weighted by Gasteiger charge is -2.24. The predicted molar refractivity (Wildman–Crippen MR) is 397 cm³/mol. The third kappa shape index (κ3) is 22.9. The van der Waals surface area contributed by atoms with Gasteiger partial charge in [-0.3, -0.25) is 58.1 Å². The van der Waals surface area contributed by atoms with Crippen LogP contribution in [-0.2, 0) is 86.8 Å². The minimum atomic E-state index is -4.72. The number of nitrogens with zero attached hydrogens (tertiary/aromatic N) is 13. The number of fused-ring (bicyclic) bond motifs is 4. The third-order valence-corrected chi connectivity index (χ3v) is 16.1. The smallest absolute Gasteiger partial charge is 0.416 e. The molecule has 0 fully saturated rings. The number of aryl methyl sites for hydroxylation is 5. The van der Waals surface area contributed by atoms with E-state index in [0.717, 1.165) is 42.5 Å². The van der Waals surface area contributed by atoms with Crippen molar-refractivity contribution in [1.82, 2.24) is 48.9 Å². The highest BCUT2D eigenvalue weighted by atomic mass is 19.4. The molecule has 0 aliphatic carbocycles. The van der Waals surface area contributed by atoms with E-state index in [4.69, 9.17) is 25.7 Å². The number of hydrogen-bond donors (Lipinski definition) is 6. The van der Waals surface area contributed by atoms with Gasteiger partial charge in [0.15, 0.2) is 34.9 Å². The summed E-state index contributed by atoms with van der Waals surface area (Å²) in [5.74, 6) is -2.76. The van der Waals surface area contributed by atoms with Crippen LogP contribution in [-0.4, -0.2) is 108 Å². The van der Waals surface area contributed by atoms with Gasteiger partial charge in [-0.05, 0) is 117 Å². The van der Waals surface area contributed by atoms with Crippen LogP contribution < -0.4 is 37.6 Å². The largest absolute Gasteiger partial charge is 0.462 e. The lowest BCUT2D eigenvalue weighted by molar-refractivity contribution is -0.387. The fourth-order valence-electron chi connectivity index (χ4n) is 10.8. The van der Waals surface area contributed by atoms with Crippen LogP contribution in [0.2, 0.25) is 0 Å². The number of nitrogens with two attached hydrogens (primary N) is 2. The molecule has 2 aliphatic heterocycles. The zero-order valence-corrected chi connectivity index (χ0v) is 63.2. The first kappa shape index (κ1) is 90.9. The molecule has 47 heteroatoms. The maximum Gasteiger partial charge on any atom is 0.416 e. The molecule has 0 saturated carbocycles. The Morgan fingerprint density at radius 2 is 0.867 bits per heavy atom. The SMILES string of the molecule is CCOC(=O)c1cn(C)nc1N.CCOC(=O)c1cn(C)nc1Nc1ccc(C(F)(F)F)cc1N.CCOC(=O)c1cn(C)nc1Nc1ccc(C(F)(F)F)cc1[N+](=O)[O-].Cn1cc2c(n1)Nc1ccc(C(F)(F)F)cc1CC2=O.Cn1cc2c(n1)Nc1ccc(C(F)(F)F)cc1N(c1ccccc1)C2=O.O=[N+]([O-])c1cc(C(F)(F)F)ccc1F. The molecule has 0 atom stereocenters. The number of nitrogen functional groups attached to an aromatic ring is 2. The van der Waals surface area contributed by atoms with Crippen molar-refractivity contribution in [2.75, 3.05) is 57.5 Å². The number of para-hydroxylation sites is 1.